The smallest absolute Gasteiger partial charge is 0.434 e. The van der Waals surface area contributed by atoms with Gasteiger partial charge in [-0.25, -0.2) is 9.67 Å². The number of benzene rings is 2. The summed E-state index contributed by atoms with van der Waals surface area (Å²) >= 11 is 1.11. The summed E-state index contributed by atoms with van der Waals surface area (Å²) in [5.41, 5.74) is -0.531. The lowest BCUT2D eigenvalue weighted by molar-refractivity contribution is -0.143. The maximum atomic E-state index is 13.9. The number of alkyl halides is 3. The molecule has 176 valence electrons. The summed E-state index contributed by atoms with van der Waals surface area (Å²) in [4.78, 5) is 17.2. The summed E-state index contributed by atoms with van der Waals surface area (Å²) in [5, 5.41) is 17.5. The topological polar surface area (TPSA) is 94.8 Å². The lowest BCUT2D eigenvalue weighted by Crippen LogP contribution is -2.21. The van der Waals surface area contributed by atoms with Gasteiger partial charge in [0.05, 0.1) is 24.6 Å². The number of halogens is 3. The second-order valence-electron chi connectivity index (χ2n) is 7.30. The number of amides is 1. The average molecular weight is 496 g/mol. The number of nitrogens with zero attached hydrogens (tertiary/aromatic N) is 5. The number of carbonyl (C=O) groups excluding carboxylic acids is 1. The summed E-state index contributed by atoms with van der Waals surface area (Å²) in [7, 11) is 1.35. The standard InChI is InChI=1S/C23H15F3N6O2S/c1-34-19-9-8-18(30-31-19)32-20(23(24,25)26)16(11-27-32)21(33)29-22-28-17(12-35-22)15-7-6-13-4-2-3-5-14(13)10-15/h2-12H,1H3,(H,28,29,33). The van der Waals surface area contributed by atoms with Crippen LogP contribution in [0.25, 0.3) is 27.8 Å². The third kappa shape index (κ3) is 4.43. The normalized spacial score (nSPS) is 11.5. The molecule has 5 aromatic rings. The van der Waals surface area contributed by atoms with Gasteiger partial charge in [0, 0.05) is 17.0 Å². The molecule has 1 amide bonds. The van der Waals surface area contributed by atoms with E-state index in [-0.39, 0.29) is 16.8 Å². The van der Waals surface area contributed by atoms with Crippen molar-refractivity contribution in [3.05, 3.63) is 77.4 Å². The van der Waals surface area contributed by atoms with Crippen LogP contribution in [0.2, 0.25) is 0 Å². The molecule has 0 fully saturated rings. The second-order valence-corrected chi connectivity index (χ2v) is 8.16. The zero-order valence-electron chi connectivity index (χ0n) is 17.9. The lowest BCUT2D eigenvalue weighted by atomic mass is 10.1. The molecule has 0 aliphatic heterocycles. The number of aromatic nitrogens is 5. The predicted molar refractivity (Wildman–Crippen MR) is 124 cm³/mol. The molecule has 0 saturated carbocycles. The first kappa shape index (κ1) is 22.5. The number of nitrogens with one attached hydrogen (secondary N) is 1. The first-order valence-corrected chi connectivity index (χ1v) is 11.0. The molecule has 3 aromatic heterocycles. The van der Waals surface area contributed by atoms with E-state index in [2.05, 4.69) is 25.6 Å². The number of hydrogen-bond donors (Lipinski definition) is 1. The highest BCUT2D eigenvalue weighted by atomic mass is 32.1. The van der Waals surface area contributed by atoms with Crippen molar-refractivity contribution < 1.29 is 22.7 Å². The lowest BCUT2D eigenvalue weighted by Gasteiger charge is -2.11. The number of rotatable bonds is 5. The van der Waals surface area contributed by atoms with Crippen molar-refractivity contribution in [2.75, 3.05) is 12.4 Å². The predicted octanol–water partition coefficient (Wildman–Crippen LogP) is 5.22. The molecule has 0 radical (unpaired) electrons. The van der Waals surface area contributed by atoms with Gasteiger partial charge in [-0.2, -0.15) is 18.3 Å². The Kier molecular flexibility index (Phi) is 5.65. The summed E-state index contributed by atoms with van der Waals surface area (Å²) in [6.45, 7) is 0. The number of thiazole rings is 1. The number of anilines is 1. The Labute approximate surface area is 200 Å². The van der Waals surface area contributed by atoms with Gasteiger partial charge in [0.2, 0.25) is 5.88 Å². The fourth-order valence-electron chi connectivity index (χ4n) is 3.47. The van der Waals surface area contributed by atoms with Crippen LogP contribution in [0.15, 0.2) is 66.2 Å². The second kappa shape index (κ2) is 8.80. The highest BCUT2D eigenvalue weighted by Crippen LogP contribution is 2.34. The molecule has 0 aliphatic carbocycles. The van der Waals surface area contributed by atoms with Crippen molar-refractivity contribution >= 4 is 33.1 Å². The van der Waals surface area contributed by atoms with E-state index in [1.165, 1.54) is 19.2 Å². The molecule has 0 aliphatic rings. The molecule has 0 saturated heterocycles. The van der Waals surface area contributed by atoms with Crippen LogP contribution in [0, 0.1) is 0 Å². The number of hydrogen-bond acceptors (Lipinski definition) is 7. The van der Waals surface area contributed by atoms with Crippen molar-refractivity contribution in [3.63, 3.8) is 0 Å². The zero-order chi connectivity index (χ0) is 24.6. The van der Waals surface area contributed by atoms with Gasteiger partial charge in [0.15, 0.2) is 16.6 Å². The van der Waals surface area contributed by atoms with Crippen LogP contribution in [0.5, 0.6) is 5.88 Å². The molecule has 8 nitrogen and oxygen atoms in total. The van der Waals surface area contributed by atoms with E-state index in [0.29, 0.717) is 10.4 Å². The van der Waals surface area contributed by atoms with Crippen molar-refractivity contribution in [3.8, 4) is 23.0 Å². The summed E-state index contributed by atoms with van der Waals surface area (Å²) in [6, 6.07) is 16.2. The minimum absolute atomic E-state index is 0.124. The molecule has 0 bridgehead atoms. The Hall–Kier alpha value is -4.32. The van der Waals surface area contributed by atoms with E-state index in [0.717, 1.165) is 33.9 Å². The molecule has 0 atom stereocenters. The van der Waals surface area contributed by atoms with Crippen LogP contribution in [0.3, 0.4) is 0 Å². The molecular weight excluding hydrogens is 481 g/mol. The Morgan fingerprint density at radius 2 is 1.86 bits per heavy atom. The van der Waals surface area contributed by atoms with E-state index in [9.17, 15) is 18.0 Å². The highest BCUT2D eigenvalue weighted by Gasteiger charge is 2.41. The van der Waals surface area contributed by atoms with E-state index < -0.39 is 23.3 Å². The fourth-order valence-corrected chi connectivity index (χ4v) is 4.19. The van der Waals surface area contributed by atoms with Crippen LogP contribution < -0.4 is 10.1 Å². The molecule has 3 heterocycles. The van der Waals surface area contributed by atoms with Gasteiger partial charge < -0.3 is 4.74 Å². The number of methoxy groups -OCH3 is 1. The maximum absolute atomic E-state index is 13.9. The van der Waals surface area contributed by atoms with E-state index >= 15 is 0 Å². The highest BCUT2D eigenvalue weighted by molar-refractivity contribution is 7.14. The third-order valence-electron chi connectivity index (χ3n) is 5.10. The van der Waals surface area contributed by atoms with Crippen molar-refractivity contribution in [1.29, 1.82) is 0 Å². The van der Waals surface area contributed by atoms with Gasteiger partial charge in [-0.1, -0.05) is 36.4 Å². The van der Waals surface area contributed by atoms with Gasteiger partial charge in [0.1, 0.15) is 0 Å². The minimum Gasteiger partial charge on any atom is -0.480 e. The molecular formula is C23H15F3N6O2S. The van der Waals surface area contributed by atoms with Crippen LogP contribution in [-0.2, 0) is 6.18 Å². The SMILES string of the molecule is COc1ccc(-n2ncc(C(=O)Nc3nc(-c4ccc5ccccc5c4)cs3)c2C(F)(F)F)nn1. The van der Waals surface area contributed by atoms with Crippen molar-refractivity contribution in [2.24, 2.45) is 0 Å². The third-order valence-corrected chi connectivity index (χ3v) is 5.86. The molecule has 1 N–H and O–H groups in total. The van der Waals surface area contributed by atoms with Crippen LogP contribution in [0.4, 0.5) is 18.3 Å². The Morgan fingerprint density at radius 3 is 2.57 bits per heavy atom. The average Bonchev–Trinajstić information content (AvgIpc) is 3.51. The number of ether oxygens (including phenoxy) is 1. The molecule has 12 heteroatoms. The van der Waals surface area contributed by atoms with Gasteiger partial charge in [-0.15, -0.1) is 21.5 Å². The van der Waals surface area contributed by atoms with Crippen LogP contribution >= 0.6 is 11.3 Å². The monoisotopic (exact) mass is 496 g/mol. The van der Waals surface area contributed by atoms with Crippen LogP contribution in [-0.4, -0.2) is 38.0 Å². The zero-order valence-corrected chi connectivity index (χ0v) is 18.8. The first-order valence-electron chi connectivity index (χ1n) is 10.1. The molecule has 5 rings (SSSR count). The Bertz CT molecular complexity index is 1530. The number of fused-ring (bicyclic) bond motifs is 1. The van der Waals surface area contributed by atoms with E-state index in [1.54, 1.807) is 5.38 Å². The van der Waals surface area contributed by atoms with Gasteiger partial charge >= 0.3 is 6.18 Å². The van der Waals surface area contributed by atoms with Crippen molar-refractivity contribution in [1.82, 2.24) is 25.0 Å². The Balaban J connectivity index is 1.43. The molecule has 35 heavy (non-hydrogen) atoms. The summed E-state index contributed by atoms with van der Waals surface area (Å²) in [5.74, 6) is -1.09. The van der Waals surface area contributed by atoms with Crippen molar-refractivity contribution in [2.45, 2.75) is 6.18 Å². The van der Waals surface area contributed by atoms with E-state index in [4.69, 9.17) is 4.74 Å². The van der Waals surface area contributed by atoms with Gasteiger partial charge in [-0.05, 0) is 22.9 Å². The van der Waals surface area contributed by atoms with Gasteiger partial charge in [-0.3, -0.25) is 10.1 Å². The molecule has 0 unspecified atom stereocenters. The molecule has 0 spiro atoms. The minimum atomic E-state index is -4.89. The summed E-state index contributed by atoms with van der Waals surface area (Å²) < 4.78 is 47.1. The van der Waals surface area contributed by atoms with E-state index in [1.807, 2.05) is 42.5 Å². The summed E-state index contributed by atoms with van der Waals surface area (Å²) in [6.07, 6.45) is -4.05. The quantitative estimate of drug-likeness (QED) is 0.359. The number of carbonyl (C=O) groups is 1. The maximum Gasteiger partial charge on any atom is 0.434 e. The Morgan fingerprint density at radius 1 is 1.06 bits per heavy atom. The largest absolute Gasteiger partial charge is 0.480 e. The first-order chi connectivity index (χ1) is 16.8. The van der Waals surface area contributed by atoms with Crippen LogP contribution in [0.1, 0.15) is 16.1 Å². The fraction of sp³-hybridized carbons (Fsp3) is 0.0870. The van der Waals surface area contributed by atoms with Gasteiger partial charge in [0.25, 0.3) is 5.91 Å². The molecule has 2 aromatic carbocycles.